The lowest BCUT2D eigenvalue weighted by molar-refractivity contribution is 0.102. The summed E-state index contributed by atoms with van der Waals surface area (Å²) in [5.74, 6) is -2.86. The third-order valence-electron chi connectivity index (χ3n) is 4.60. The average molecular weight is 442 g/mol. The lowest BCUT2D eigenvalue weighted by Crippen LogP contribution is -2.16. The molecule has 0 aliphatic rings. The van der Waals surface area contributed by atoms with Gasteiger partial charge < -0.3 is 20.6 Å². The van der Waals surface area contributed by atoms with E-state index in [9.17, 15) is 28.5 Å². The highest BCUT2D eigenvalue weighted by Crippen LogP contribution is 2.37. The molecule has 3 rings (SSSR count). The Kier molecular flexibility index (Phi) is 6.07. The molecule has 1 amide bonds. The molecule has 0 aliphatic heterocycles. The number of nitrogens with one attached hydrogen (secondary N) is 2. The first kappa shape index (κ1) is 22.0. The number of hydrogen-bond donors (Lipinski definition) is 5. The predicted octanol–water partition coefficient (Wildman–Crippen LogP) is 3.98. The van der Waals surface area contributed by atoms with Crippen molar-refractivity contribution in [2.75, 3.05) is 10.0 Å². The van der Waals surface area contributed by atoms with Gasteiger partial charge in [-0.25, -0.2) is 8.42 Å². The molecule has 162 valence electrons. The van der Waals surface area contributed by atoms with E-state index in [0.717, 1.165) is 17.7 Å². The average Bonchev–Trinajstić information content (AvgIpc) is 2.72. The SMILES string of the molecule is CC(C)c1ccccc1NS(=O)(=O)c1cccc(NC(=O)c2ccc(O)c(O)c2O)c1. The van der Waals surface area contributed by atoms with E-state index in [-0.39, 0.29) is 22.1 Å². The van der Waals surface area contributed by atoms with Gasteiger partial charge in [-0.1, -0.05) is 38.1 Å². The van der Waals surface area contributed by atoms with Crippen LogP contribution in [0.4, 0.5) is 11.4 Å². The lowest BCUT2D eigenvalue weighted by Gasteiger charge is -2.15. The number of para-hydroxylation sites is 1. The Balaban J connectivity index is 1.86. The number of hydrogen-bond acceptors (Lipinski definition) is 6. The topological polar surface area (TPSA) is 136 Å². The van der Waals surface area contributed by atoms with Gasteiger partial charge in [0.25, 0.3) is 15.9 Å². The molecule has 0 saturated heterocycles. The molecule has 0 heterocycles. The van der Waals surface area contributed by atoms with Crippen LogP contribution in [-0.2, 0) is 10.0 Å². The van der Waals surface area contributed by atoms with E-state index in [1.54, 1.807) is 12.1 Å². The molecule has 0 bridgehead atoms. The second-order valence-corrected chi connectivity index (χ2v) is 8.84. The molecule has 0 radical (unpaired) electrons. The fourth-order valence-electron chi connectivity index (χ4n) is 2.99. The molecule has 0 atom stereocenters. The molecule has 3 aromatic carbocycles. The third-order valence-corrected chi connectivity index (χ3v) is 5.97. The summed E-state index contributed by atoms with van der Waals surface area (Å²) in [5, 5.41) is 31.3. The number of aromatic hydroxyl groups is 3. The van der Waals surface area contributed by atoms with E-state index in [1.807, 2.05) is 26.0 Å². The van der Waals surface area contributed by atoms with Crippen molar-refractivity contribution < 1.29 is 28.5 Å². The number of phenolic OH excluding ortho intramolecular Hbond substituents is 3. The number of rotatable bonds is 6. The lowest BCUT2D eigenvalue weighted by atomic mass is 10.0. The van der Waals surface area contributed by atoms with Gasteiger partial charge in [-0.2, -0.15) is 0 Å². The second kappa shape index (κ2) is 8.57. The molecular formula is C22H22N2O6S. The number of anilines is 2. The van der Waals surface area contributed by atoms with Crippen molar-refractivity contribution >= 4 is 27.3 Å². The molecule has 0 unspecified atom stereocenters. The Labute approximate surface area is 179 Å². The Bertz CT molecular complexity index is 1240. The fourth-order valence-corrected chi connectivity index (χ4v) is 4.12. The van der Waals surface area contributed by atoms with Crippen LogP contribution in [0.5, 0.6) is 17.2 Å². The minimum absolute atomic E-state index is 0.0679. The van der Waals surface area contributed by atoms with E-state index >= 15 is 0 Å². The summed E-state index contributed by atoms with van der Waals surface area (Å²) in [7, 11) is -3.94. The largest absolute Gasteiger partial charge is 0.504 e. The molecular weight excluding hydrogens is 420 g/mol. The molecule has 0 aliphatic carbocycles. The van der Waals surface area contributed by atoms with Crippen molar-refractivity contribution in [1.82, 2.24) is 0 Å². The van der Waals surface area contributed by atoms with Crippen molar-refractivity contribution in [1.29, 1.82) is 0 Å². The number of amides is 1. The normalized spacial score (nSPS) is 11.3. The summed E-state index contributed by atoms with van der Waals surface area (Å²) < 4.78 is 28.4. The summed E-state index contributed by atoms with van der Waals surface area (Å²) in [5.41, 5.74) is 1.19. The van der Waals surface area contributed by atoms with Gasteiger partial charge in [0, 0.05) is 5.69 Å². The van der Waals surface area contributed by atoms with Gasteiger partial charge in [0.15, 0.2) is 11.5 Å². The summed E-state index contributed by atoms with van der Waals surface area (Å²) in [4.78, 5) is 12.4. The minimum atomic E-state index is -3.94. The smallest absolute Gasteiger partial charge is 0.261 e. The van der Waals surface area contributed by atoms with Crippen LogP contribution in [0.1, 0.15) is 35.7 Å². The van der Waals surface area contributed by atoms with Crippen LogP contribution in [0.3, 0.4) is 0 Å². The number of carbonyl (C=O) groups is 1. The van der Waals surface area contributed by atoms with E-state index in [2.05, 4.69) is 10.0 Å². The van der Waals surface area contributed by atoms with Crippen molar-refractivity contribution in [3.8, 4) is 17.2 Å². The highest BCUT2D eigenvalue weighted by molar-refractivity contribution is 7.92. The molecule has 0 fully saturated rings. The molecule has 5 N–H and O–H groups in total. The number of sulfonamides is 1. The van der Waals surface area contributed by atoms with Crippen LogP contribution in [0.15, 0.2) is 65.6 Å². The molecule has 8 nitrogen and oxygen atoms in total. The van der Waals surface area contributed by atoms with Gasteiger partial charge >= 0.3 is 0 Å². The van der Waals surface area contributed by atoms with Crippen LogP contribution in [0.2, 0.25) is 0 Å². The van der Waals surface area contributed by atoms with Gasteiger partial charge in [-0.3, -0.25) is 9.52 Å². The quantitative estimate of drug-likeness (QED) is 0.366. The molecule has 3 aromatic rings. The van der Waals surface area contributed by atoms with Crippen LogP contribution >= 0.6 is 0 Å². The molecule has 9 heteroatoms. The predicted molar refractivity (Wildman–Crippen MR) is 117 cm³/mol. The van der Waals surface area contributed by atoms with Gasteiger partial charge in [-0.15, -0.1) is 0 Å². The maximum Gasteiger partial charge on any atom is 0.261 e. The van der Waals surface area contributed by atoms with Crippen molar-refractivity contribution in [3.05, 3.63) is 71.8 Å². The van der Waals surface area contributed by atoms with Gasteiger partial charge in [0.05, 0.1) is 16.1 Å². The molecule has 0 saturated carbocycles. The van der Waals surface area contributed by atoms with Crippen molar-refractivity contribution in [3.63, 3.8) is 0 Å². The first-order chi connectivity index (χ1) is 14.6. The van der Waals surface area contributed by atoms with Crippen LogP contribution in [-0.4, -0.2) is 29.6 Å². The highest BCUT2D eigenvalue weighted by atomic mass is 32.2. The third kappa shape index (κ3) is 4.72. The number of benzene rings is 3. The molecule has 31 heavy (non-hydrogen) atoms. The summed E-state index contributed by atoms with van der Waals surface area (Å²) in [6.45, 7) is 3.92. The first-order valence-corrected chi connectivity index (χ1v) is 10.9. The Morgan fingerprint density at radius 1 is 0.903 bits per heavy atom. The van der Waals surface area contributed by atoms with Crippen LogP contribution in [0.25, 0.3) is 0 Å². The fraction of sp³-hybridized carbons (Fsp3) is 0.136. The van der Waals surface area contributed by atoms with Crippen LogP contribution in [0, 0.1) is 0 Å². The van der Waals surface area contributed by atoms with Gasteiger partial charge in [-0.05, 0) is 47.9 Å². The van der Waals surface area contributed by atoms with Gasteiger partial charge in [0.2, 0.25) is 5.75 Å². The van der Waals surface area contributed by atoms with Gasteiger partial charge in [0.1, 0.15) is 0 Å². The monoisotopic (exact) mass is 442 g/mol. The summed E-state index contributed by atoms with van der Waals surface area (Å²) in [6.07, 6.45) is 0. The van der Waals surface area contributed by atoms with Crippen LogP contribution < -0.4 is 10.0 Å². The maximum atomic E-state index is 12.9. The zero-order valence-electron chi connectivity index (χ0n) is 16.8. The standard InChI is InChI=1S/C22H22N2O6S/c1-13(2)16-8-3-4-9-18(16)24-31(29,30)15-7-5-6-14(12-15)23-22(28)17-10-11-19(25)21(27)20(17)26/h3-13,24-27H,1-2H3,(H,23,28). The van der Waals surface area contributed by atoms with Crippen molar-refractivity contribution in [2.24, 2.45) is 0 Å². The summed E-state index contributed by atoms with van der Waals surface area (Å²) >= 11 is 0. The Morgan fingerprint density at radius 3 is 2.32 bits per heavy atom. The van der Waals surface area contributed by atoms with E-state index < -0.39 is 33.2 Å². The van der Waals surface area contributed by atoms with E-state index in [1.165, 1.54) is 24.3 Å². The molecule has 0 spiro atoms. The number of carbonyl (C=O) groups excluding carboxylic acids is 1. The Morgan fingerprint density at radius 2 is 1.61 bits per heavy atom. The number of phenols is 3. The zero-order valence-corrected chi connectivity index (χ0v) is 17.6. The second-order valence-electron chi connectivity index (χ2n) is 7.16. The zero-order chi connectivity index (χ0) is 22.8. The Hall–Kier alpha value is -3.72. The van der Waals surface area contributed by atoms with E-state index in [0.29, 0.717) is 5.69 Å². The molecule has 0 aromatic heterocycles. The summed E-state index contributed by atoms with van der Waals surface area (Å²) in [6, 6.07) is 14.9. The van der Waals surface area contributed by atoms with E-state index in [4.69, 9.17) is 0 Å². The minimum Gasteiger partial charge on any atom is -0.504 e. The first-order valence-electron chi connectivity index (χ1n) is 9.37. The maximum absolute atomic E-state index is 12.9. The highest BCUT2D eigenvalue weighted by Gasteiger charge is 2.20. The van der Waals surface area contributed by atoms with Crippen molar-refractivity contribution in [2.45, 2.75) is 24.7 Å².